The predicted molar refractivity (Wildman–Crippen MR) is 41.1 cm³/mol. The van der Waals surface area contributed by atoms with Gasteiger partial charge in [0.2, 0.25) is 0 Å². The zero-order valence-corrected chi connectivity index (χ0v) is 6.88. The van der Waals surface area contributed by atoms with Gasteiger partial charge in [-0.05, 0) is 6.42 Å². The molecule has 1 saturated heterocycles. The van der Waals surface area contributed by atoms with Crippen LogP contribution in [0.25, 0.3) is 5.53 Å². The predicted octanol–water partition coefficient (Wildman–Crippen LogP) is -1.63. The second-order valence-electron chi connectivity index (χ2n) is 2.82. The van der Waals surface area contributed by atoms with E-state index < -0.39 is 17.5 Å². The molecule has 1 heterocycles. The first kappa shape index (κ1) is 10.0. The lowest BCUT2D eigenvalue weighted by atomic mass is 9.97. The van der Waals surface area contributed by atoms with E-state index >= 15 is 0 Å². The highest BCUT2D eigenvalue weighted by atomic mass is 16.6. The molecule has 0 amide bonds. The molecule has 0 aromatic rings. The topological polar surface area (TPSA) is 106 Å². The van der Waals surface area contributed by atoms with E-state index in [0.717, 1.165) is 0 Å². The molecule has 0 spiro atoms. The number of Topliss-reactive ketones (excluding diaryl/α,β-unsaturated/α-hetero) is 1. The van der Waals surface area contributed by atoms with Gasteiger partial charge in [-0.3, -0.25) is 4.79 Å². The van der Waals surface area contributed by atoms with Crippen LogP contribution in [-0.4, -0.2) is 51.9 Å². The Morgan fingerprint density at radius 3 is 2.85 bits per heavy atom. The normalized spacial score (nSPS) is 27.5. The van der Waals surface area contributed by atoms with Crippen LogP contribution in [0.2, 0.25) is 0 Å². The van der Waals surface area contributed by atoms with Crippen LogP contribution in [0.4, 0.5) is 0 Å². The molecular formula is C7H10N2O4. The quantitative estimate of drug-likeness (QED) is 0.232. The largest absolute Gasteiger partial charge is 0.396 e. The maximum atomic E-state index is 11.2. The molecule has 1 fully saturated rings. The summed E-state index contributed by atoms with van der Waals surface area (Å²) < 4.78 is 4.81. The van der Waals surface area contributed by atoms with Gasteiger partial charge in [0.05, 0.1) is 12.7 Å². The van der Waals surface area contributed by atoms with Gasteiger partial charge in [0.15, 0.2) is 5.60 Å². The van der Waals surface area contributed by atoms with E-state index in [0.29, 0.717) is 6.21 Å². The molecule has 0 aliphatic carbocycles. The Hall–Kier alpha value is -1.07. The number of hydrogen-bond donors (Lipinski definition) is 2. The highest BCUT2D eigenvalue weighted by Gasteiger charge is 2.58. The van der Waals surface area contributed by atoms with Gasteiger partial charge in [-0.1, -0.05) is 0 Å². The van der Waals surface area contributed by atoms with Gasteiger partial charge in [0.25, 0.3) is 5.78 Å². The molecule has 0 aromatic carbocycles. The van der Waals surface area contributed by atoms with Gasteiger partial charge in [0.1, 0.15) is 0 Å². The Bertz CT molecular complexity index is 255. The summed E-state index contributed by atoms with van der Waals surface area (Å²) in [6.45, 7) is -0.130. The van der Waals surface area contributed by atoms with E-state index in [1.807, 2.05) is 0 Å². The highest BCUT2D eigenvalue weighted by molar-refractivity contribution is 6.30. The van der Waals surface area contributed by atoms with Crippen molar-refractivity contribution >= 4 is 12.0 Å². The molecule has 1 aliphatic rings. The van der Waals surface area contributed by atoms with Crippen molar-refractivity contribution in [1.82, 2.24) is 0 Å². The Labute approximate surface area is 74.4 Å². The Morgan fingerprint density at radius 1 is 1.85 bits per heavy atom. The molecule has 0 bridgehead atoms. The minimum atomic E-state index is -1.28. The molecule has 13 heavy (non-hydrogen) atoms. The lowest BCUT2D eigenvalue weighted by Crippen LogP contribution is -2.39. The van der Waals surface area contributed by atoms with Gasteiger partial charge in [-0.15, -0.1) is 0 Å². The smallest absolute Gasteiger partial charge is 0.326 e. The molecule has 0 radical (unpaired) electrons. The van der Waals surface area contributed by atoms with Crippen LogP contribution in [0.1, 0.15) is 6.42 Å². The minimum absolute atomic E-state index is 0.0605. The minimum Gasteiger partial charge on any atom is -0.396 e. The molecular weight excluding hydrogens is 176 g/mol. The Morgan fingerprint density at radius 2 is 2.46 bits per heavy atom. The summed E-state index contributed by atoms with van der Waals surface area (Å²) in [4.78, 5) is 13.7. The van der Waals surface area contributed by atoms with E-state index in [1.165, 1.54) is 0 Å². The molecule has 2 atom stereocenters. The number of ether oxygens (including phenoxy) is 1. The number of aliphatic hydroxyl groups excluding tert-OH is 2. The number of nitrogens with zero attached hydrogens (tertiary/aromatic N) is 2. The van der Waals surface area contributed by atoms with Gasteiger partial charge < -0.3 is 20.5 Å². The number of carbonyl (C=O) groups is 1. The summed E-state index contributed by atoms with van der Waals surface area (Å²) in [6, 6.07) is 0. The number of rotatable bonds is 5. The zero-order chi connectivity index (χ0) is 9.90. The van der Waals surface area contributed by atoms with Crippen molar-refractivity contribution in [1.29, 1.82) is 0 Å². The molecule has 0 saturated carbocycles. The number of epoxide rings is 1. The number of aliphatic hydroxyl groups is 2. The molecule has 1 aliphatic heterocycles. The number of hydrogen-bond acceptors (Lipinski definition) is 4. The second kappa shape index (κ2) is 3.76. The van der Waals surface area contributed by atoms with E-state index in [2.05, 4.69) is 4.79 Å². The molecule has 0 aromatic heterocycles. The van der Waals surface area contributed by atoms with Gasteiger partial charge in [-0.2, -0.15) is 4.79 Å². The van der Waals surface area contributed by atoms with Crippen molar-refractivity contribution in [3.63, 3.8) is 0 Å². The summed E-state index contributed by atoms with van der Waals surface area (Å²) in [6.07, 6.45) is -0.304. The van der Waals surface area contributed by atoms with Crippen LogP contribution in [0, 0.1) is 0 Å². The van der Waals surface area contributed by atoms with Crippen molar-refractivity contribution in [2.45, 2.75) is 18.1 Å². The standard InChI is InChI=1S/C7H10N2O4/c8-9-3-6(12)7(4-13-7)5(11)1-2-10/h3,5,10-11H,1-2,4H2/t5-,7-/m1/s1. The molecule has 1 rings (SSSR count). The third-order valence-electron chi connectivity index (χ3n) is 1.99. The van der Waals surface area contributed by atoms with Crippen molar-refractivity contribution in [3.8, 4) is 0 Å². The van der Waals surface area contributed by atoms with Gasteiger partial charge in [0, 0.05) is 6.61 Å². The Balaban J connectivity index is 2.65. The van der Waals surface area contributed by atoms with Crippen LogP contribution in [0.3, 0.4) is 0 Å². The van der Waals surface area contributed by atoms with Gasteiger partial charge >= 0.3 is 6.21 Å². The first-order valence-electron chi connectivity index (χ1n) is 3.82. The van der Waals surface area contributed by atoms with Crippen LogP contribution >= 0.6 is 0 Å². The maximum Gasteiger partial charge on any atom is 0.326 e. The highest BCUT2D eigenvalue weighted by Crippen LogP contribution is 2.32. The summed E-state index contributed by atoms with van der Waals surface area (Å²) in [5.41, 5.74) is 6.82. The third kappa shape index (κ3) is 1.81. The molecule has 6 heteroatoms. The van der Waals surface area contributed by atoms with Crippen LogP contribution < -0.4 is 0 Å². The summed E-state index contributed by atoms with van der Waals surface area (Å²) >= 11 is 0. The number of carbonyl (C=O) groups excluding carboxylic acids is 1. The fraction of sp³-hybridized carbons (Fsp3) is 0.714. The SMILES string of the molecule is [N-]=[N+]=CC(=O)[C@]1([C@H](O)CCO)CO1. The van der Waals surface area contributed by atoms with Crippen LogP contribution in [-0.2, 0) is 9.53 Å². The lowest BCUT2D eigenvalue weighted by Gasteiger charge is -2.12. The average molecular weight is 186 g/mol. The first-order chi connectivity index (χ1) is 6.17. The summed E-state index contributed by atoms with van der Waals surface area (Å²) in [5.74, 6) is -0.587. The van der Waals surface area contributed by atoms with Gasteiger partial charge in [-0.25, -0.2) is 0 Å². The molecule has 0 unspecified atom stereocenters. The van der Waals surface area contributed by atoms with Crippen molar-refractivity contribution < 1.29 is 24.5 Å². The fourth-order valence-corrected chi connectivity index (χ4v) is 1.09. The maximum absolute atomic E-state index is 11.2. The fourth-order valence-electron chi connectivity index (χ4n) is 1.09. The third-order valence-corrected chi connectivity index (χ3v) is 1.99. The molecule has 2 N–H and O–H groups in total. The van der Waals surface area contributed by atoms with Crippen LogP contribution in [0.15, 0.2) is 0 Å². The summed E-state index contributed by atoms with van der Waals surface area (Å²) in [5, 5.41) is 17.9. The monoisotopic (exact) mass is 186 g/mol. The zero-order valence-electron chi connectivity index (χ0n) is 6.88. The van der Waals surface area contributed by atoms with Crippen LogP contribution in [0.5, 0.6) is 0 Å². The van der Waals surface area contributed by atoms with Crippen molar-refractivity contribution in [2.24, 2.45) is 0 Å². The summed E-state index contributed by atoms with van der Waals surface area (Å²) in [7, 11) is 0. The molecule has 6 nitrogen and oxygen atoms in total. The lowest BCUT2D eigenvalue weighted by molar-refractivity contribution is -0.125. The first-order valence-corrected chi connectivity index (χ1v) is 3.82. The molecule has 72 valence electrons. The van der Waals surface area contributed by atoms with E-state index in [4.69, 9.17) is 15.4 Å². The van der Waals surface area contributed by atoms with Crippen molar-refractivity contribution in [3.05, 3.63) is 5.53 Å². The number of ketones is 1. The Kier molecular flexibility index (Phi) is 2.90. The second-order valence-corrected chi connectivity index (χ2v) is 2.82. The van der Waals surface area contributed by atoms with E-state index in [1.54, 1.807) is 0 Å². The van der Waals surface area contributed by atoms with E-state index in [-0.39, 0.29) is 19.6 Å². The van der Waals surface area contributed by atoms with Crippen molar-refractivity contribution in [2.75, 3.05) is 13.2 Å². The van der Waals surface area contributed by atoms with E-state index in [9.17, 15) is 9.90 Å². The average Bonchev–Trinajstić information content (AvgIpc) is 2.85.